The lowest BCUT2D eigenvalue weighted by Gasteiger charge is -2.16. The molecule has 3 amide bonds. The molecule has 1 aliphatic carbocycles. The SMILES string of the molecule is O=C1CN(CC2CC2)C(=O)N1c1ccc(F)cc1. The van der Waals surface area contributed by atoms with Gasteiger partial charge in [0.15, 0.2) is 0 Å². The van der Waals surface area contributed by atoms with E-state index in [-0.39, 0.29) is 24.3 Å². The molecule has 3 rings (SSSR count). The average Bonchev–Trinajstić information content (AvgIpc) is 3.10. The molecule has 0 atom stereocenters. The van der Waals surface area contributed by atoms with Gasteiger partial charge in [-0.25, -0.2) is 14.1 Å². The Morgan fingerprint density at radius 3 is 2.44 bits per heavy atom. The van der Waals surface area contributed by atoms with E-state index in [1.54, 1.807) is 4.90 Å². The normalized spacial score (nSPS) is 19.8. The molecular weight excluding hydrogens is 235 g/mol. The van der Waals surface area contributed by atoms with Crippen molar-refractivity contribution in [2.45, 2.75) is 12.8 Å². The molecule has 0 aromatic heterocycles. The van der Waals surface area contributed by atoms with Crippen molar-refractivity contribution in [2.24, 2.45) is 5.92 Å². The summed E-state index contributed by atoms with van der Waals surface area (Å²) in [6.07, 6.45) is 2.27. The van der Waals surface area contributed by atoms with E-state index in [0.29, 0.717) is 18.2 Å². The van der Waals surface area contributed by atoms with Gasteiger partial charge in [0, 0.05) is 6.54 Å². The van der Waals surface area contributed by atoms with Gasteiger partial charge >= 0.3 is 6.03 Å². The van der Waals surface area contributed by atoms with Crippen LogP contribution < -0.4 is 4.90 Å². The highest BCUT2D eigenvalue weighted by molar-refractivity contribution is 6.19. The van der Waals surface area contributed by atoms with Crippen molar-refractivity contribution in [1.82, 2.24) is 4.90 Å². The van der Waals surface area contributed by atoms with Crippen LogP contribution in [0.1, 0.15) is 12.8 Å². The second kappa shape index (κ2) is 4.08. The zero-order valence-electron chi connectivity index (χ0n) is 9.80. The van der Waals surface area contributed by atoms with Crippen molar-refractivity contribution in [3.63, 3.8) is 0 Å². The molecule has 1 saturated heterocycles. The number of hydrogen-bond donors (Lipinski definition) is 0. The highest BCUT2D eigenvalue weighted by atomic mass is 19.1. The van der Waals surface area contributed by atoms with Gasteiger partial charge in [-0.15, -0.1) is 0 Å². The third kappa shape index (κ3) is 1.96. The van der Waals surface area contributed by atoms with E-state index in [4.69, 9.17) is 0 Å². The van der Waals surface area contributed by atoms with Gasteiger partial charge in [-0.3, -0.25) is 4.79 Å². The lowest BCUT2D eigenvalue weighted by molar-refractivity contribution is -0.116. The van der Waals surface area contributed by atoms with Crippen molar-refractivity contribution in [1.29, 1.82) is 0 Å². The van der Waals surface area contributed by atoms with Crippen LogP contribution in [0, 0.1) is 11.7 Å². The van der Waals surface area contributed by atoms with E-state index in [0.717, 1.165) is 17.7 Å². The van der Waals surface area contributed by atoms with Gasteiger partial charge in [0.25, 0.3) is 5.91 Å². The summed E-state index contributed by atoms with van der Waals surface area (Å²) < 4.78 is 12.8. The molecule has 94 valence electrons. The molecule has 1 aromatic rings. The average molecular weight is 248 g/mol. The van der Waals surface area contributed by atoms with E-state index < -0.39 is 0 Å². The monoisotopic (exact) mass is 248 g/mol. The molecule has 1 aliphatic heterocycles. The summed E-state index contributed by atoms with van der Waals surface area (Å²) in [7, 11) is 0. The van der Waals surface area contributed by atoms with Crippen LogP contribution in [0.5, 0.6) is 0 Å². The summed E-state index contributed by atoms with van der Waals surface area (Å²) in [6.45, 7) is 0.787. The van der Waals surface area contributed by atoms with Crippen molar-refractivity contribution < 1.29 is 14.0 Å². The third-order valence-electron chi connectivity index (χ3n) is 3.30. The van der Waals surface area contributed by atoms with Gasteiger partial charge in [-0.05, 0) is 43.0 Å². The highest BCUT2D eigenvalue weighted by Crippen LogP contribution is 2.31. The van der Waals surface area contributed by atoms with E-state index in [1.165, 1.54) is 24.3 Å². The molecule has 5 heteroatoms. The van der Waals surface area contributed by atoms with E-state index >= 15 is 0 Å². The lowest BCUT2D eigenvalue weighted by Crippen LogP contribution is -2.33. The fourth-order valence-corrected chi connectivity index (χ4v) is 2.15. The molecule has 1 saturated carbocycles. The van der Waals surface area contributed by atoms with Crippen LogP contribution in [0.2, 0.25) is 0 Å². The summed E-state index contributed by atoms with van der Waals surface area (Å²) in [5.74, 6) is -0.0742. The Morgan fingerprint density at radius 2 is 1.83 bits per heavy atom. The Labute approximate surface area is 104 Å². The second-order valence-electron chi connectivity index (χ2n) is 4.81. The molecule has 2 aliphatic rings. The smallest absolute Gasteiger partial charge is 0.314 e. The fraction of sp³-hybridized carbons (Fsp3) is 0.385. The molecule has 4 nitrogen and oxygen atoms in total. The molecule has 2 fully saturated rings. The number of benzene rings is 1. The summed E-state index contributed by atoms with van der Waals surface area (Å²) in [4.78, 5) is 26.7. The minimum Gasteiger partial charge on any atom is -0.314 e. The zero-order valence-corrected chi connectivity index (χ0v) is 9.80. The van der Waals surface area contributed by atoms with E-state index in [9.17, 15) is 14.0 Å². The summed E-state index contributed by atoms with van der Waals surface area (Å²) in [5.41, 5.74) is 0.435. The topological polar surface area (TPSA) is 40.6 Å². The molecule has 0 spiro atoms. The maximum Gasteiger partial charge on any atom is 0.331 e. The Balaban J connectivity index is 1.80. The lowest BCUT2D eigenvalue weighted by atomic mass is 10.3. The van der Waals surface area contributed by atoms with Crippen molar-refractivity contribution in [3.05, 3.63) is 30.1 Å². The maximum atomic E-state index is 12.8. The minimum atomic E-state index is -0.382. The van der Waals surface area contributed by atoms with Gasteiger partial charge < -0.3 is 4.90 Å². The Morgan fingerprint density at radius 1 is 1.17 bits per heavy atom. The number of hydrogen-bond acceptors (Lipinski definition) is 2. The quantitative estimate of drug-likeness (QED) is 0.768. The number of nitrogens with zero attached hydrogens (tertiary/aromatic N) is 2. The predicted molar refractivity (Wildman–Crippen MR) is 63.6 cm³/mol. The van der Waals surface area contributed by atoms with Crippen molar-refractivity contribution in [2.75, 3.05) is 18.0 Å². The zero-order chi connectivity index (χ0) is 12.7. The van der Waals surface area contributed by atoms with E-state index in [1.807, 2.05) is 0 Å². The van der Waals surface area contributed by atoms with Crippen molar-refractivity contribution >= 4 is 17.6 Å². The van der Waals surface area contributed by atoms with Crippen LogP contribution in [0.4, 0.5) is 14.9 Å². The standard InChI is InChI=1S/C13H13FN2O2/c14-10-3-5-11(6-4-10)16-12(17)8-15(13(16)18)7-9-1-2-9/h3-6,9H,1-2,7-8H2. The molecule has 0 radical (unpaired) electrons. The summed E-state index contributed by atoms with van der Waals surface area (Å²) in [5, 5.41) is 0. The van der Waals surface area contributed by atoms with Gasteiger partial charge in [0.05, 0.1) is 5.69 Å². The van der Waals surface area contributed by atoms with Crippen molar-refractivity contribution in [3.8, 4) is 0 Å². The maximum absolute atomic E-state index is 12.8. The van der Waals surface area contributed by atoms with Crippen LogP contribution in [0.3, 0.4) is 0 Å². The largest absolute Gasteiger partial charge is 0.331 e. The van der Waals surface area contributed by atoms with Crippen LogP contribution in [-0.2, 0) is 4.79 Å². The Bertz CT molecular complexity index is 496. The fourth-order valence-electron chi connectivity index (χ4n) is 2.15. The Kier molecular flexibility index (Phi) is 2.54. The molecule has 18 heavy (non-hydrogen) atoms. The van der Waals surface area contributed by atoms with Gasteiger partial charge in [0.2, 0.25) is 0 Å². The van der Waals surface area contributed by atoms with Crippen LogP contribution >= 0.6 is 0 Å². The molecule has 0 bridgehead atoms. The molecular formula is C13H13FN2O2. The molecule has 1 aromatic carbocycles. The predicted octanol–water partition coefficient (Wildman–Crippen LogP) is 2.00. The highest BCUT2D eigenvalue weighted by Gasteiger charge is 2.39. The number of anilines is 1. The number of amides is 3. The first-order chi connectivity index (χ1) is 8.65. The first-order valence-electron chi connectivity index (χ1n) is 6.02. The van der Waals surface area contributed by atoms with Crippen LogP contribution in [0.15, 0.2) is 24.3 Å². The molecule has 0 N–H and O–H groups in total. The first kappa shape index (κ1) is 11.2. The van der Waals surface area contributed by atoms with Gasteiger partial charge in [-0.2, -0.15) is 0 Å². The first-order valence-corrected chi connectivity index (χ1v) is 6.02. The van der Waals surface area contributed by atoms with E-state index in [2.05, 4.69) is 0 Å². The number of carbonyl (C=O) groups excluding carboxylic acids is 2. The summed E-state index contributed by atoms with van der Waals surface area (Å²) in [6, 6.07) is 5.11. The number of imide groups is 1. The Hall–Kier alpha value is -1.91. The number of halogens is 1. The summed E-state index contributed by atoms with van der Waals surface area (Å²) >= 11 is 0. The number of rotatable bonds is 3. The number of urea groups is 1. The number of carbonyl (C=O) groups is 2. The van der Waals surface area contributed by atoms with Crippen LogP contribution in [0.25, 0.3) is 0 Å². The second-order valence-corrected chi connectivity index (χ2v) is 4.81. The molecule has 0 unspecified atom stereocenters. The van der Waals surface area contributed by atoms with Gasteiger partial charge in [0.1, 0.15) is 12.4 Å². The molecule has 1 heterocycles. The van der Waals surface area contributed by atoms with Crippen LogP contribution in [-0.4, -0.2) is 29.9 Å². The minimum absolute atomic E-state index is 0.132. The third-order valence-corrected chi connectivity index (χ3v) is 3.30. The van der Waals surface area contributed by atoms with Gasteiger partial charge in [-0.1, -0.05) is 0 Å².